The maximum Gasteiger partial charge on any atom is 0.220 e. The van der Waals surface area contributed by atoms with Gasteiger partial charge in [0, 0.05) is 70.4 Å². The fourth-order valence-corrected chi connectivity index (χ4v) is 5.88. The van der Waals surface area contributed by atoms with E-state index in [-0.39, 0.29) is 34.8 Å². The molecule has 1 unspecified atom stereocenters. The van der Waals surface area contributed by atoms with E-state index in [9.17, 15) is 9.59 Å². The predicted molar refractivity (Wildman–Crippen MR) is 202 cm³/mol. The summed E-state index contributed by atoms with van der Waals surface area (Å²) in [5.74, 6) is -0.112. The number of ether oxygens (including phenoxy) is 6. The van der Waals surface area contributed by atoms with Gasteiger partial charge < -0.3 is 39.1 Å². The standard InChI is InChI=1S/C38H72N6O8/c1-37(2,3)40-18-12-22-50-26-28-52-27-25-49-21-11-17-39-34(46)14-10-13-32(45)30-15-16-31-35(36(48-9)33(29-30)47-8)41-42-44(31)20-24-51-23-19-43(7)38(4,5)6/h30,33,36,40H,10-29H2,1-9H3,(H,39,46)/t30?,33-,36+/m0/s1. The number of Topliss-reactive ketones (excluding diaryl/α,β-unsaturated/α-hetero) is 1. The van der Waals surface area contributed by atoms with Gasteiger partial charge >= 0.3 is 0 Å². The molecule has 0 aromatic carbocycles. The molecule has 1 aromatic rings. The fraction of sp³-hybridized carbons (Fsp3) is 0.895. The number of likely N-dealkylation sites (N-methyl/N-ethyl adjacent to an activating group) is 1. The van der Waals surface area contributed by atoms with Crippen LogP contribution < -0.4 is 10.6 Å². The molecule has 2 N–H and O–H groups in total. The maximum atomic E-state index is 13.4. The summed E-state index contributed by atoms with van der Waals surface area (Å²) in [5.41, 5.74) is 1.94. The first-order chi connectivity index (χ1) is 24.8. The van der Waals surface area contributed by atoms with Crippen molar-refractivity contribution in [2.24, 2.45) is 5.92 Å². The number of aromatic nitrogens is 3. The molecule has 0 spiro atoms. The van der Waals surface area contributed by atoms with E-state index >= 15 is 0 Å². The first-order valence-corrected chi connectivity index (χ1v) is 19.3. The number of amides is 1. The Hall–Kier alpha value is -2.04. The minimum absolute atomic E-state index is 0.0518. The van der Waals surface area contributed by atoms with Gasteiger partial charge in [0.05, 0.1) is 58.0 Å². The fourth-order valence-electron chi connectivity index (χ4n) is 5.88. The average molecular weight is 741 g/mol. The van der Waals surface area contributed by atoms with E-state index < -0.39 is 6.10 Å². The molecule has 0 aliphatic heterocycles. The Morgan fingerprint density at radius 2 is 1.46 bits per heavy atom. The van der Waals surface area contributed by atoms with Crippen LogP contribution in [0.4, 0.5) is 0 Å². The summed E-state index contributed by atoms with van der Waals surface area (Å²) in [6.07, 6.45) is 3.93. The lowest BCUT2D eigenvalue weighted by molar-refractivity contribution is -0.126. The summed E-state index contributed by atoms with van der Waals surface area (Å²) < 4.78 is 36.2. The van der Waals surface area contributed by atoms with Gasteiger partial charge in [-0.3, -0.25) is 14.5 Å². The van der Waals surface area contributed by atoms with E-state index in [1.807, 2.05) is 4.68 Å². The van der Waals surface area contributed by atoms with Gasteiger partial charge in [-0.25, -0.2) is 4.68 Å². The van der Waals surface area contributed by atoms with Crippen LogP contribution in [0.5, 0.6) is 0 Å². The molecule has 1 aliphatic carbocycles. The van der Waals surface area contributed by atoms with Crippen molar-refractivity contribution in [2.75, 3.05) is 93.8 Å². The summed E-state index contributed by atoms with van der Waals surface area (Å²) in [6, 6.07) is 0. The number of carbonyl (C=O) groups is 2. The number of hydrogen-bond acceptors (Lipinski definition) is 12. The van der Waals surface area contributed by atoms with Crippen molar-refractivity contribution in [3.8, 4) is 0 Å². The smallest absolute Gasteiger partial charge is 0.220 e. The first kappa shape index (κ1) is 46.1. The number of methoxy groups -OCH3 is 2. The molecule has 0 fully saturated rings. The van der Waals surface area contributed by atoms with Crippen LogP contribution in [-0.4, -0.2) is 143 Å². The van der Waals surface area contributed by atoms with Crippen LogP contribution in [0.25, 0.3) is 0 Å². The Balaban J connectivity index is 1.63. The van der Waals surface area contributed by atoms with Gasteiger partial charge in [-0.2, -0.15) is 0 Å². The molecule has 0 saturated carbocycles. The highest BCUT2D eigenvalue weighted by molar-refractivity contribution is 5.82. The zero-order valence-electron chi connectivity index (χ0n) is 33.9. The van der Waals surface area contributed by atoms with Gasteiger partial charge in [-0.1, -0.05) is 5.21 Å². The molecule has 302 valence electrons. The quantitative estimate of drug-likeness (QED) is 0.127. The molecule has 1 heterocycles. The second-order valence-electron chi connectivity index (χ2n) is 15.6. The minimum Gasteiger partial charge on any atom is -0.379 e. The van der Waals surface area contributed by atoms with E-state index in [0.29, 0.717) is 104 Å². The molecule has 1 amide bonds. The number of hydrogen-bond donors (Lipinski definition) is 2. The summed E-state index contributed by atoms with van der Waals surface area (Å²) in [6.45, 7) is 20.4. The highest BCUT2D eigenvalue weighted by atomic mass is 16.5. The number of fused-ring (bicyclic) bond motifs is 1. The van der Waals surface area contributed by atoms with Crippen molar-refractivity contribution in [1.29, 1.82) is 0 Å². The summed E-state index contributed by atoms with van der Waals surface area (Å²) in [5, 5.41) is 15.3. The molecule has 2 rings (SSSR count). The maximum absolute atomic E-state index is 13.4. The lowest BCUT2D eigenvalue weighted by atomic mass is 9.84. The third-order valence-corrected chi connectivity index (χ3v) is 9.38. The summed E-state index contributed by atoms with van der Waals surface area (Å²) in [4.78, 5) is 28.1. The number of nitrogens with one attached hydrogen (secondary N) is 2. The normalized spacial score (nSPS) is 18.3. The van der Waals surface area contributed by atoms with Crippen LogP contribution in [0.2, 0.25) is 0 Å². The molecule has 52 heavy (non-hydrogen) atoms. The third-order valence-electron chi connectivity index (χ3n) is 9.38. The molecule has 1 aliphatic rings. The Morgan fingerprint density at radius 3 is 2.08 bits per heavy atom. The predicted octanol–water partition coefficient (Wildman–Crippen LogP) is 3.75. The van der Waals surface area contributed by atoms with Crippen LogP contribution in [0, 0.1) is 5.92 Å². The van der Waals surface area contributed by atoms with Gasteiger partial charge in [0.2, 0.25) is 5.91 Å². The van der Waals surface area contributed by atoms with Crippen molar-refractivity contribution < 1.29 is 38.0 Å². The number of nitrogens with zero attached hydrogens (tertiary/aromatic N) is 4. The zero-order chi connectivity index (χ0) is 38.4. The van der Waals surface area contributed by atoms with Crippen molar-refractivity contribution in [2.45, 2.75) is 123 Å². The lowest BCUT2D eigenvalue weighted by Gasteiger charge is -2.31. The van der Waals surface area contributed by atoms with Gasteiger partial charge in [-0.15, -0.1) is 5.10 Å². The molecular formula is C38H72N6O8. The molecule has 0 radical (unpaired) electrons. The Labute approximate surface area is 313 Å². The summed E-state index contributed by atoms with van der Waals surface area (Å²) in [7, 11) is 5.37. The highest BCUT2D eigenvalue weighted by Gasteiger charge is 2.36. The summed E-state index contributed by atoms with van der Waals surface area (Å²) >= 11 is 0. The molecule has 0 bridgehead atoms. The van der Waals surface area contributed by atoms with E-state index in [1.165, 1.54) is 0 Å². The largest absolute Gasteiger partial charge is 0.379 e. The second kappa shape index (κ2) is 25.1. The van der Waals surface area contributed by atoms with Crippen LogP contribution in [0.1, 0.15) is 104 Å². The van der Waals surface area contributed by atoms with Gasteiger partial charge in [0.1, 0.15) is 17.6 Å². The van der Waals surface area contributed by atoms with Crippen LogP contribution in [0.3, 0.4) is 0 Å². The van der Waals surface area contributed by atoms with E-state index in [0.717, 1.165) is 37.5 Å². The van der Waals surface area contributed by atoms with Gasteiger partial charge in [0.25, 0.3) is 0 Å². The van der Waals surface area contributed by atoms with Crippen molar-refractivity contribution in [3.63, 3.8) is 0 Å². The van der Waals surface area contributed by atoms with Crippen LogP contribution in [0.15, 0.2) is 0 Å². The molecule has 14 heteroatoms. The SMILES string of the molecule is CO[C@H]1CC(C(=O)CCCC(=O)NCCCOCCOCCOCCCNC(C)(C)C)CCc2c(nnn2CCOCCN(C)C(C)(C)C)[C@@H]1OC. The van der Waals surface area contributed by atoms with E-state index in [1.54, 1.807) is 14.2 Å². The van der Waals surface area contributed by atoms with E-state index in [2.05, 4.69) is 74.4 Å². The average Bonchev–Trinajstić information content (AvgIpc) is 3.46. The Morgan fingerprint density at radius 1 is 0.827 bits per heavy atom. The molecule has 0 saturated heterocycles. The Kier molecular flexibility index (Phi) is 22.3. The van der Waals surface area contributed by atoms with E-state index in [4.69, 9.17) is 28.4 Å². The highest BCUT2D eigenvalue weighted by Crippen LogP contribution is 2.34. The third kappa shape index (κ3) is 18.8. The topological polar surface area (TPSA) is 148 Å². The molecule has 14 nitrogen and oxygen atoms in total. The van der Waals surface area contributed by atoms with Gasteiger partial charge in [0.15, 0.2) is 0 Å². The van der Waals surface area contributed by atoms with Crippen LogP contribution >= 0.6 is 0 Å². The van der Waals surface area contributed by atoms with Crippen molar-refractivity contribution >= 4 is 11.7 Å². The molecule has 1 aromatic heterocycles. The first-order valence-electron chi connectivity index (χ1n) is 19.3. The number of ketones is 1. The zero-order valence-corrected chi connectivity index (χ0v) is 33.9. The molecular weight excluding hydrogens is 668 g/mol. The van der Waals surface area contributed by atoms with Gasteiger partial charge in [-0.05, 0) is 93.7 Å². The number of rotatable bonds is 27. The monoisotopic (exact) mass is 741 g/mol. The van der Waals surface area contributed by atoms with Crippen molar-refractivity contribution in [3.05, 3.63) is 11.4 Å². The number of carbonyl (C=O) groups excluding carboxylic acids is 2. The minimum atomic E-state index is -0.427. The Bertz CT molecular complexity index is 1120. The molecule has 3 atom stereocenters. The van der Waals surface area contributed by atoms with Crippen molar-refractivity contribution in [1.82, 2.24) is 30.5 Å². The second-order valence-corrected chi connectivity index (χ2v) is 15.6. The lowest BCUT2D eigenvalue weighted by Crippen LogP contribution is -2.40. The van der Waals surface area contributed by atoms with Crippen LogP contribution in [-0.2, 0) is 51.0 Å².